The number of aliphatic hydroxyl groups excluding tert-OH is 1. The number of morpholine rings is 1. The molecule has 1 aromatic carbocycles. The first kappa shape index (κ1) is 16.0. The Morgan fingerprint density at radius 1 is 1.52 bits per heavy atom. The number of sulfonamides is 1. The van der Waals surface area contributed by atoms with Gasteiger partial charge in [0.25, 0.3) is 0 Å². The van der Waals surface area contributed by atoms with Gasteiger partial charge in [-0.2, -0.15) is 4.31 Å². The molecule has 0 spiro atoms. The van der Waals surface area contributed by atoms with Crippen LogP contribution in [0, 0.1) is 0 Å². The van der Waals surface area contributed by atoms with Crippen molar-refractivity contribution in [2.75, 3.05) is 38.6 Å². The number of hydrogen-bond donors (Lipinski definition) is 2. The highest BCUT2D eigenvalue weighted by molar-refractivity contribution is 7.89. The summed E-state index contributed by atoms with van der Waals surface area (Å²) in [6.45, 7) is 2.51. The van der Waals surface area contributed by atoms with Gasteiger partial charge in [0, 0.05) is 18.8 Å². The lowest BCUT2D eigenvalue weighted by atomic mass is 10.3. The summed E-state index contributed by atoms with van der Waals surface area (Å²) in [4.78, 5) is 0.0444. The third kappa shape index (κ3) is 3.46. The van der Waals surface area contributed by atoms with Crippen LogP contribution in [0.25, 0.3) is 0 Å². The van der Waals surface area contributed by atoms with Crippen molar-refractivity contribution in [1.82, 2.24) is 4.31 Å². The minimum Gasteiger partial charge on any atom is -0.492 e. The fourth-order valence-electron chi connectivity index (χ4n) is 2.16. The predicted molar refractivity (Wildman–Crippen MR) is 77.6 cm³/mol. The Bertz CT molecular complexity index is 590. The average molecular weight is 316 g/mol. The van der Waals surface area contributed by atoms with E-state index in [0.717, 1.165) is 0 Å². The van der Waals surface area contributed by atoms with E-state index in [1.54, 1.807) is 19.1 Å². The van der Waals surface area contributed by atoms with E-state index in [1.165, 1.54) is 10.4 Å². The maximum absolute atomic E-state index is 12.7. The minimum atomic E-state index is -3.74. The topological polar surface area (TPSA) is 102 Å². The number of nitrogen functional groups attached to an aromatic ring is 1. The van der Waals surface area contributed by atoms with Crippen LogP contribution in [0.15, 0.2) is 23.1 Å². The van der Waals surface area contributed by atoms with Gasteiger partial charge in [0.15, 0.2) is 0 Å². The Morgan fingerprint density at radius 3 is 2.95 bits per heavy atom. The molecule has 2 rings (SSSR count). The zero-order valence-corrected chi connectivity index (χ0v) is 12.7. The minimum absolute atomic E-state index is 0.0444. The van der Waals surface area contributed by atoms with E-state index >= 15 is 0 Å². The lowest BCUT2D eigenvalue weighted by Gasteiger charge is -2.31. The number of nitrogens with two attached hydrogens (primary N) is 1. The van der Waals surface area contributed by atoms with Crippen LogP contribution in [-0.2, 0) is 14.8 Å². The molecule has 1 aliphatic rings. The smallest absolute Gasteiger partial charge is 0.247 e. The Morgan fingerprint density at radius 2 is 2.29 bits per heavy atom. The molecule has 3 N–H and O–H groups in total. The molecule has 0 aliphatic carbocycles. The van der Waals surface area contributed by atoms with Crippen molar-refractivity contribution in [3.63, 3.8) is 0 Å². The molecule has 1 aromatic rings. The van der Waals surface area contributed by atoms with Crippen LogP contribution in [0.2, 0.25) is 0 Å². The van der Waals surface area contributed by atoms with E-state index in [-0.39, 0.29) is 36.9 Å². The van der Waals surface area contributed by atoms with Crippen molar-refractivity contribution in [3.05, 3.63) is 18.2 Å². The van der Waals surface area contributed by atoms with Crippen LogP contribution in [0.1, 0.15) is 6.92 Å². The number of benzene rings is 1. The largest absolute Gasteiger partial charge is 0.492 e. The van der Waals surface area contributed by atoms with Crippen LogP contribution in [0.5, 0.6) is 5.75 Å². The quantitative estimate of drug-likeness (QED) is 0.744. The number of hydrogen-bond acceptors (Lipinski definition) is 6. The first-order chi connectivity index (χ1) is 9.98. The first-order valence-corrected chi connectivity index (χ1v) is 8.18. The summed E-state index contributed by atoms with van der Waals surface area (Å²) in [5.74, 6) is 0.277. The molecule has 0 amide bonds. The van der Waals surface area contributed by atoms with Gasteiger partial charge in [-0.3, -0.25) is 0 Å². The molecule has 1 heterocycles. The third-order valence-corrected chi connectivity index (χ3v) is 5.08. The van der Waals surface area contributed by atoms with Crippen molar-refractivity contribution in [2.45, 2.75) is 17.9 Å². The van der Waals surface area contributed by atoms with E-state index in [4.69, 9.17) is 20.3 Å². The molecule has 0 aromatic heterocycles. The molecule has 1 saturated heterocycles. The van der Waals surface area contributed by atoms with Crippen molar-refractivity contribution in [3.8, 4) is 5.75 Å². The van der Waals surface area contributed by atoms with Crippen LogP contribution in [-0.4, -0.2) is 56.8 Å². The lowest BCUT2D eigenvalue weighted by Crippen LogP contribution is -2.46. The van der Waals surface area contributed by atoms with Crippen molar-refractivity contribution >= 4 is 15.7 Å². The van der Waals surface area contributed by atoms with E-state index in [2.05, 4.69) is 0 Å². The summed E-state index contributed by atoms with van der Waals surface area (Å²) in [6.07, 6.45) is -0.509. The highest BCUT2D eigenvalue weighted by atomic mass is 32.2. The SMILES string of the molecule is CCOc1ccc(N)cc1S(=O)(=O)N1CCOC(CO)C1. The van der Waals surface area contributed by atoms with Crippen LogP contribution in [0.3, 0.4) is 0 Å². The number of rotatable bonds is 5. The summed E-state index contributed by atoms with van der Waals surface area (Å²) in [7, 11) is -3.74. The van der Waals surface area contributed by atoms with Gasteiger partial charge >= 0.3 is 0 Å². The Balaban J connectivity index is 2.36. The van der Waals surface area contributed by atoms with Crippen molar-refractivity contribution in [2.24, 2.45) is 0 Å². The number of ether oxygens (including phenoxy) is 2. The molecule has 118 valence electrons. The van der Waals surface area contributed by atoms with Gasteiger partial charge in [0.2, 0.25) is 10.0 Å². The van der Waals surface area contributed by atoms with Gasteiger partial charge < -0.3 is 20.3 Å². The van der Waals surface area contributed by atoms with Crippen LogP contribution < -0.4 is 10.5 Å². The summed E-state index contributed by atoms with van der Waals surface area (Å²) in [5, 5.41) is 9.14. The Labute approximate surface area is 124 Å². The van der Waals surface area contributed by atoms with Crippen LogP contribution in [0.4, 0.5) is 5.69 Å². The molecular weight excluding hydrogens is 296 g/mol. The third-order valence-electron chi connectivity index (χ3n) is 3.19. The van der Waals surface area contributed by atoms with E-state index in [9.17, 15) is 8.42 Å². The molecule has 1 fully saturated rings. The second-order valence-electron chi connectivity index (χ2n) is 4.68. The molecule has 21 heavy (non-hydrogen) atoms. The Kier molecular flexibility index (Phi) is 5.04. The van der Waals surface area contributed by atoms with Gasteiger partial charge in [-0.15, -0.1) is 0 Å². The fourth-order valence-corrected chi connectivity index (χ4v) is 3.78. The monoisotopic (exact) mass is 316 g/mol. The number of anilines is 1. The fraction of sp³-hybridized carbons (Fsp3) is 0.538. The molecule has 0 radical (unpaired) electrons. The summed E-state index contributed by atoms with van der Waals surface area (Å²) < 4.78 is 37.4. The molecule has 8 heteroatoms. The summed E-state index contributed by atoms with van der Waals surface area (Å²) in [6, 6.07) is 4.54. The Hall–Kier alpha value is -1.35. The first-order valence-electron chi connectivity index (χ1n) is 6.74. The molecule has 1 atom stereocenters. The zero-order chi connectivity index (χ0) is 15.5. The van der Waals surface area contributed by atoms with Crippen molar-refractivity contribution < 1.29 is 23.0 Å². The molecule has 0 bridgehead atoms. The number of nitrogens with zero attached hydrogens (tertiary/aromatic N) is 1. The molecule has 1 aliphatic heterocycles. The lowest BCUT2D eigenvalue weighted by molar-refractivity contribution is -0.0305. The summed E-state index contributed by atoms with van der Waals surface area (Å²) >= 11 is 0. The normalized spacial score (nSPS) is 20.4. The number of aliphatic hydroxyl groups is 1. The standard InChI is InChI=1S/C13H20N2O5S/c1-2-19-12-4-3-10(14)7-13(12)21(17,18)15-5-6-20-11(8-15)9-16/h3-4,7,11,16H,2,5-6,8-9,14H2,1H3. The zero-order valence-electron chi connectivity index (χ0n) is 11.9. The van der Waals surface area contributed by atoms with Crippen LogP contribution >= 0.6 is 0 Å². The van der Waals surface area contributed by atoms with E-state index in [1.807, 2.05) is 0 Å². The molecular formula is C13H20N2O5S. The van der Waals surface area contributed by atoms with Gasteiger partial charge in [-0.25, -0.2) is 8.42 Å². The van der Waals surface area contributed by atoms with Crippen molar-refractivity contribution in [1.29, 1.82) is 0 Å². The summed E-state index contributed by atoms with van der Waals surface area (Å²) in [5.41, 5.74) is 6.05. The van der Waals surface area contributed by atoms with Gasteiger partial charge in [-0.1, -0.05) is 0 Å². The maximum Gasteiger partial charge on any atom is 0.247 e. The van der Waals surface area contributed by atoms with E-state index < -0.39 is 16.1 Å². The maximum atomic E-state index is 12.7. The van der Waals surface area contributed by atoms with E-state index in [0.29, 0.717) is 12.3 Å². The average Bonchev–Trinajstić information content (AvgIpc) is 2.49. The predicted octanol–water partition coefficient (Wildman–Crippen LogP) is 0.0493. The second-order valence-corrected chi connectivity index (χ2v) is 6.58. The highest BCUT2D eigenvalue weighted by Gasteiger charge is 2.32. The molecule has 1 unspecified atom stereocenters. The van der Waals surface area contributed by atoms with Gasteiger partial charge in [0.05, 0.1) is 25.9 Å². The second kappa shape index (κ2) is 6.61. The van der Waals surface area contributed by atoms with Gasteiger partial charge in [0.1, 0.15) is 10.6 Å². The molecule has 0 saturated carbocycles. The highest BCUT2D eigenvalue weighted by Crippen LogP contribution is 2.29. The van der Waals surface area contributed by atoms with Gasteiger partial charge in [-0.05, 0) is 25.1 Å². The molecule has 7 nitrogen and oxygen atoms in total.